The second-order valence-corrected chi connectivity index (χ2v) is 7.56. The van der Waals surface area contributed by atoms with Gasteiger partial charge in [0, 0.05) is 13.7 Å². The number of fused-ring (bicyclic) bond motifs is 2. The SMILES string of the molecule is COCCn1c(=NC(=O)c2nc3ccccc3s2)sc2cccc(F)c21. The molecule has 0 saturated carbocycles. The van der Waals surface area contributed by atoms with E-state index in [1.54, 1.807) is 17.7 Å². The third-order valence-electron chi connectivity index (χ3n) is 3.84. The zero-order valence-electron chi connectivity index (χ0n) is 13.8. The molecule has 2 heterocycles. The molecule has 0 aliphatic heterocycles. The van der Waals surface area contributed by atoms with E-state index in [0.717, 1.165) is 14.9 Å². The molecule has 132 valence electrons. The number of aromatic nitrogens is 2. The van der Waals surface area contributed by atoms with Gasteiger partial charge in [0.15, 0.2) is 9.81 Å². The van der Waals surface area contributed by atoms with Crippen molar-refractivity contribution in [1.82, 2.24) is 9.55 Å². The fourth-order valence-corrected chi connectivity index (χ4v) is 4.58. The zero-order chi connectivity index (χ0) is 18.1. The topological polar surface area (TPSA) is 56.5 Å². The maximum absolute atomic E-state index is 14.3. The van der Waals surface area contributed by atoms with Crippen molar-refractivity contribution in [2.24, 2.45) is 4.99 Å². The Labute approximate surface area is 156 Å². The number of methoxy groups -OCH3 is 1. The number of ether oxygens (including phenoxy) is 1. The lowest BCUT2D eigenvalue weighted by Gasteiger charge is -2.04. The fourth-order valence-electron chi connectivity index (χ4n) is 2.66. The molecule has 26 heavy (non-hydrogen) atoms. The molecule has 2 aromatic heterocycles. The lowest BCUT2D eigenvalue weighted by molar-refractivity contribution is 0.0997. The fraction of sp³-hybridized carbons (Fsp3) is 0.167. The summed E-state index contributed by atoms with van der Waals surface area (Å²) in [7, 11) is 1.58. The van der Waals surface area contributed by atoms with E-state index >= 15 is 0 Å². The van der Waals surface area contributed by atoms with Crippen molar-refractivity contribution in [3.8, 4) is 0 Å². The number of thiazole rings is 2. The number of carbonyl (C=O) groups excluding carboxylic acids is 1. The monoisotopic (exact) mass is 387 g/mol. The average Bonchev–Trinajstić information content (AvgIpc) is 3.22. The minimum absolute atomic E-state index is 0.322. The third-order valence-corrected chi connectivity index (χ3v) is 5.91. The Morgan fingerprint density at radius 3 is 2.81 bits per heavy atom. The molecular weight excluding hydrogens is 373 g/mol. The van der Waals surface area contributed by atoms with E-state index in [4.69, 9.17) is 4.74 Å². The second-order valence-electron chi connectivity index (χ2n) is 5.52. The normalized spacial score (nSPS) is 12.3. The first-order valence-electron chi connectivity index (χ1n) is 7.89. The summed E-state index contributed by atoms with van der Waals surface area (Å²) in [4.78, 5) is 21.6. The predicted molar refractivity (Wildman–Crippen MR) is 101 cm³/mol. The quantitative estimate of drug-likeness (QED) is 0.535. The van der Waals surface area contributed by atoms with Gasteiger partial charge in [-0.25, -0.2) is 9.37 Å². The van der Waals surface area contributed by atoms with Crippen molar-refractivity contribution in [2.45, 2.75) is 6.54 Å². The summed E-state index contributed by atoms with van der Waals surface area (Å²) < 4.78 is 22.8. The van der Waals surface area contributed by atoms with E-state index in [0.29, 0.717) is 28.5 Å². The van der Waals surface area contributed by atoms with Gasteiger partial charge in [-0.3, -0.25) is 4.79 Å². The Bertz CT molecular complexity index is 1140. The molecule has 0 bridgehead atoms. The largest absolute Gasteiger partial charge is 0.383 e. The van der Waals surface area contributed by atoms with Crippen LogP contribution in [-0.2, 0) is 11.3 Å². The van der Waals surface area contributed by atoms with Gasteiger partial charge in [-0.1, -0.05) is 29.5 Å². The van der Waals surface area contributed by atoms with Crippen molar-refractivity contribution in [3.63, 3.8) is 0 Å². The first-order valence-corrected chi connectivity index (χ1v) is 9.52. The van der Waals surface area contributed by atoms with Crippen LogP contribution in [0, 0.1) is 5.82 Å². The van der Waals surface area contributed by atoms with E-state index < -0.39 is 5.91 Å². The van der Waals surface area contributed by atoms with E-state index in [-0.39, 0.29) is 5.82 Å². The first kappa shape index (κ1) is 17.0. The Kier molecular flexibility index (Phi) is 4.62. The van der Waals surface area contributed by atoms with E-state index in [1.165, 1.54) is 28.7 Å². The molecule has 0 aliphatic rings. The van der Waals surface area contributed by atoms with Crippen LogP contribution in [0.15, 0.2) is 47.5 Å². The number of halogens is 1. The summed E-state index contributed by atoms with van der Waals surface area (Å²) in [5, 5.41) is 0.322. The van der Waals surface area contributed by atoms with Crippen molar-refractivity contribution in [3.05, 3.63) is 58.1 Å². The van der Waals surface area contributed by atoms with Crippen molar-refractivity contribution in [2.75, 3.05) is 13.7 Å². The number of nitrogens with zero attached hydrogens (tertiary/aromatic N) is 3. The number of hydrogen-bond donors (Lipinski definition) is 0. The standard InChI is InChI=1S/C18H14FN3O2S2/c1-24-10-9-22-15-11(19)5-4-8-14(15)26-18(22)21-16(23)17-20-12-6-2-3-7-13(12)25-17/h2-8H,9-10H2,1H3. The molecule has 0 aliphatic carbocycles. The molecule has 0 saturated heterocycles. The molecular formula is C18H14FN3O2S2. The molecule has 0 unspecified atom stereocenters. The Morgan fingerprint density at radius 1 is 1.19 bits per heavy atom. The summed E-state index contributed by atoms with van der Waals surface area (Å²) in [6.45, 7) is 0.798. The number of amides is 1. The van der Waals surface area contributed by atoms with Crippen LogP contribution >= 0.6 is 22.7 Å². The zero-order valence-corrected chi connectivity index (χ0v) is 15.4. The molecule has 4 aromatic rings. The molecule has 0 spiro atoms. The van der Waals surface area contributed by atoms with Gasteiger partial charge < -0.3 is 9.30 Å². The lowest BCUT2D eigenvalue weighted by Crippen LogP contribution is -2.19. The highest BCUT2D eigenvalue weighted by Crippen LogP contribution is 2.23. The van der Waals surface area contributed by atoms with Gasteiger partial charge in [0.1, 0.15) is 5.82 Å². The highest BCUT2D eigenvalue weighted by Gasteiger charge is 2.15. The summed E-state index contributed by atoms with van der Waals surface area (Å²) in [5.41, 5.74) is 1.20. The summed E-state index contributed by atoms with van der Waals surface area (Å²) >= 11 is 2.58. The van der Waals surface area contributed by atoms with Crippen LogP contribution in [0.3, 0.4) is 0 Å². The van der Waals surface area contributed by atoms with E-state index in [1.807, 2.05) is 30.3 Å². The highest BCUT2D eigenvalue weighted by atomic mass is 32.1. The molecule has 5 nitrogen and oxygen atoms in total. The number of para-hydroxylation sites is 2. The molecule has 4 rings (SSSR count). The number of benzene rings is 2. The van der Waals surface area contributed by atoms with Gasteiger partial charge in [0.2, 0.25) is 0 Å². The van der Waals surface area contributed by atoms with Gasteiger partial charge in [0.25, 0.3) is 0 Å². The van der Waals surface area contributed by atoms with Crippen molar-refractivity contribution >= 4 is 49.0 Å². The van der Waals surface area contributed by atoms with Crippen LogP contribution in [0.4, 0.5) is 4.39 Å². The number of carbonyl (C=O) groups is 1. The van der Waals surface area contributed by atoms with Crippen molar-refractivity contribution in [1.29, 1.82) is 0 Å². The lowest BCUT2D eigenvalue weighted by atomic mass is 10.3. The molecule has 1 amide bonds. The van der Waals surface area contributed by atoms with Crippen molar-refractivity contribution < 1.29 is 13.9 Å². The van der Waals surface area contributed by atoms with Gasteiger partial charge in [0.05, 0.1) is 27.0 Å². The molecule has 0 N–H and O–H groups in total. The van der Waals surface area contributed by atoms with E-state index in [2.05, 4.69) is 9.98 Å². The van der Waals surface area contributed by atoms with Gasteiger partial charge in [-0.05, 0) is 24.3 Å². The molecule has 0 fully saturated rings. The van der Waals surface area contributed by atoms with Crippen LogP contribution in [0.5, 0.6) is 0 Å². The first-order chi connectivity index (χ1) is 12.7. The highest BCUT2D eigenvalue weighted by molar-refractivity contribution is 7.20. The minimum atomic E-state index is -0.427. The maximum atomic E-state index is 14.3. The van der Waals surface area contributed by atoms with Crippen LogP contribution in [-0.4, -0.2) is 29.2 Å². The number of rotatable bonds is 4. The Hall–Kier alpha value is -2.42. The Balaban J connectivity index is 1.83. The second kappa shape index (κ2) is 7.06. The predicted octanol–water partition coefficient (Wildman–Crippen LogP) is 3.84. The van der Waals surface area contributed by atoms with Crippen LogP contribution in [0.25, 0.3) is 20.4 Å². The van der Waals surface area contributed by atoms with Crippen LogP contribution in [0.2, 0.25) is 0 Å². The molecule has 8 heteroatoms. The smallest absolute Gasteiger partial charge is 0.308 e. The third kappa shape index (κ3) is 3.07. The molecule has 0 radical (unpaired) electrons. The van der Waals surface area contributed by atoms with Gasteiger partial charge >= 0.3 is 5.91 Å². The molecule has 0 atom stereocenters. The van der Waals surface area contributed by atoms with Crippen LogP contribution in [0.1, 0.15) is 9.80 Å². The van der Waals surface area contributed by atoms with Crippen LogP contribution < -0.4 is 4.80 Å². The van der Waals surface area contributed by atoms with Gasteiger partial charge in [-0.2, -0.15) is 4.99 Å². The van der Waals surface area contributed by atoms with E-state index in [9.17, 15) is 9.18 Å². The van der Waals surface area contributed by atoms with Gasteiger partial charge in [-0.15, -0.1) is 11.3 Å². The Morgan fingerprint density at radius 2 is 2.00 bits per heavy atom. The molecule has 2 aromatic carbocycles. The number of hydrogen-bond acceptors (Lipinski definition) is 5. The average molecular weight is 387 g/mol. The summed E-state index contributed by atoms with van der Waals surface area (Å²) in [5.74, 6) is -0.770. The summed E-state index contributed by atoms with van der Waals surface area (Å²) in [6.07, 6.45) is 0. The maximum Gasteiger partial charge on any atom is 0.308 e. The summed E-state index contributed by atoms with van der Waals surface area (Å²) in [6, 6.07) is 12.4. The minimum Gasteiger partial charge on any atom is -0.383 e.